The Morgan fingerprint density at radius 1 is 1.02 bits per heavy atom. The summed E-state index contributed by atoms with van der Waals surface area (Å²) in [6, 6.07) is 8.57. The second kappa shape index (κ2) is 12.7. The molecule has 222 valence electrons. The average molecular weight is 607 g/mol. The molecule has 0 aromatic heterocycles. The molecule has 1 unspecified atom stereocenters. The predicted molar refractivity (Wildman–Crippen MR) is 151 cm³/mol. The van der Waals surface area contributed by atoms with Crippen LogP contribution in [0.5, 0.6) is 0 Å². The maximum absolute atomic E-state index is 13.8. The number of carboxylic acids is 1. The first-order valence-electron chi connectivity index (χ1n) is 13.3. The van der Waals surface area contributed by atoms with Crippen molar-refractivity contribution < 1.29 is 36.3 Å². The highest BCUT2D eigenvalue weighted by Crippen LogP contribution is 2.24. The summed E-state index contributed by atoms with van der Waals surface area (Å²) in [5.41, 5.74) is 1.66. The Labute approximate surface area is 239 Å². The molecule has 41 heavy (non-hydrogen) atoms. The molecule has 2 saturated heterocycles. The van der Waals surface area contributed by atoms with Gasteiger partial charge in [0.2, 0.25) is 5.91 Å². The van der Waals surface area contributed by atoms with Crippen LogP contribution in [0.4, 0.5) is 5.69 Å². The molecule has 2 heterocycles. The molecule has 2 amide bonds. The third-order valence-electron chi connectivity index (χ3n) is 7.25. The normalized spacial score (nSPS) is 20.1. The van der Waals surface area contributed by atoms with Gasteiger partial charge in [-0.25, -0.2) is 25.9 Å². The number of sulfone groups is 1. The number of amides is 2. The largest absolute Gasteiger partial charge is 0.480 e. The molecule has 2 aromatic carbocycles. The van der Waals surface area contributed by atoms with Crippen molar-refractivity contribution in [2.75, 3.05) is 36.5 Å². The summed E-state index contributed by atoms with van der Waals surface area (Å²) in [4.78, 5) is 38.4. The summed E-state index contributed by atoms with van der Waals surface area (Å²) >= 11 is 0. The van der Waals surface area contributed by atoms with Gasteiger partial charge < -0.3 is 21.1 Å². The molecule has 4 N–H and O–H groups in total. The molecule has 0 aliphatic carbocycles. The molecule has 2 aliphatic rings. The van der Waals surface area contributed by atoms with Crippen LogP contribution < -0.4 is 16.0 Å². The van der Waals surface area contributed by atoms with E-state index in [2.05, 4.69) is 16.0 Å². The van der Waals surface area contributed by atoms with Crippen LogP contribution >= 0.6 is 0 Å². The number of carbonyl (C=O) groups excluding carboxylic acids is 2. The van der Waals surface area contributed by atoms with Crippen LogP contribution in [0.15, 0.2) is 53.4 Å². The molecule has 2 aromatic rings. The highest BCUT2D eigenvalue weighted by atomic mass is 32.2. The second-order valence-electron chi connectivity index (χ2n) is 10.3. The van der Waals surface area contributed by atoms with Gasteiger partial charge in [-0.1, -0.05) is 29.8 Å². The standard InChI is InChI=1S/C27H34N4O8S2/c1-18-2-8-22(9-3-18)41(38,39)31(26(33)23-17-40(36,37)15-14-29-23)24(27(34)35)16-19-4-6-21(7-5-19)30-25(32)20-10-12-28-13-11-20/h2-9,20,23-24,28-29H,10-17H2,1H3,(H,30,32)(H,34,35)/t23?,24-/m0/s1. The Morgan fingerprint density at radius 3 is 2.24 bits per heavy atom. The van der Waals surface area contributed by atoms with Crippen molar-refractivity contribution in [3.8, 4) is 0 Å². The van der Waals surface area contributed by atoms with E-state index in [-0.39, 0.29) is 35.4 Å². The minimum Gasteiger partial charge on any atom is -0.480 e. The molecule has 0 spiro atoms. The first-order valence-corrected chi connectivity index (χ1v) is 16.6. The van der Waals surface area contributed by atoms with E-state index in [1.165, 1.54) is 24.3 Å². The Morgan fingerprint density at radius 2 is 1.66 bits per heavy atom. The predicted octanol–water partition coefficient (Wildman–Crippen LogP) is 0.533. The molecule has 12 nitrogen and oxygen atoms in total. The van der Waals surface area contributed by atoms with Crippen LogP contribution in [0, 0.1) is 12.8 Å². The number of hydrogen-bond acceptors (Lipinski definition) is 9. The Bertz CT molecular complexity index is 1490. The molecule has 2 aliphatic heterocycles. The summed E-state index contributed by atoms with van der Waals surface area (Å²) in [6.45, 7) is 3.20. The van der Waals surface area contributed by atoms with Gasteiger partial charge in [-0.05, 0) is 62.7 Å². The number of hydrogen-bond donors (Lipinski definition) is 4. The van der Waals surface area contributed by atoms with E-state index >= 15 is 0 Å². The number of sulfonamides is 1. The number of benzene rings is 2. The number of nitrogens with one attached hydrogen (secondary N) is 3. The van der Waals surface area contributed by atoms with Crippen LogP contribution in [0.3, 0.4) is 0 Å². The lowest BCUT2D eigenvalue weighted by Gasteiger charge is -2.33. The zero-order chi connectivity index (χ0) is 29.8. The van der Waals surface area contributed by atoms with Gasteiger partial charge in [-0.2, -0.15) is 0 Å². The summed E-state index contributed by atoms with van der Waals surface area (Å²) < 4.78 is 52.3. The van der Waals surface area contributed by atoms with Gasteiger partial charge in [-0.3, -0.25) is 9.59 Å². The van der Waals surface area contributed by atoms with Crippen LogP contribution in [-0.2, 0) is 40.7 Å². The van der Waals surface area contributed by atoms with Crippen LogP contribution in [0.25, 0.3) is 0 Å². The average Bonchev–Trinajstić information content (AvgIpc) is 2.93. The number of aryl methyl sites for hydroxylation is 1. The van der Waals surface area contributed by atoms with Crippen molar-refractivity contribution in [2.24, 2.45) is 5.92 Å². The van der Waals surface area contributed by atoms with Crippen molar-refractivity contribution in [2.45, 2.75) is 43.2 Å². The van der Waals surface area contributed by atoms with E-state index < -0.39 is 49.6 Å². The number of piperidine rings is 1. The molecule has 0 saturated carbocycles. The van der Waals surface area contributed by atoms with Crippen LogP contribution in [0.2, 0.25) is 0 Å². The molecule has 4 rings (SSSR count). The lowest BCUT2D eigenvalue weighted by Crippen LogP contribution is -2.59. The van der Waals surface area contributed by atoms with Gasteiger partial charge in [0.05, 0.1) is 16.4 Å². The fourth-order valence-electron chi connectivity index (χ4n) is 4.91. The summed E-state index contributed by atoms with van der Waals surface area (Å²) in [7, 11) is -8.34. The molecule has 2 fully saturated rings. The monoisotopic (exact) mass is 606 g/mol. The van der Waals surface area contributed by atoms with Crippen molar-refractivity contribution in [1.82, 2.24) is 14.9 Å². The SMILES string of the molecule is Cc1ccc(S(=O)(=O)N(C(=O)C2CS(=O)(=O)CCN2)[C@@H](Cc2ccc(NC(=O)C3CCNCC3)cc2)C(=O)O)cc1. The van der Waals surface area contributed by atoms with Gasteiger partial charge in [0.15, 0.2) is 9.84 Å². The zero-order valence-corrected chi connectivity index (χ0v) is 24.2. The summed E-state index contributed by atoms with van der Waals surface area (Å²) in [5, 5.41) is 18.9. The van der Waals surface area contributed by atoms with Gasteiger partial charge in [0.1, 0.15) is 12.1 Å². The fraction of sp³-hybridized carbons (Fsp3) is 0.444. The molecule has 2 atom stereocenters. The fourth-order valence-corrected chi connectivity index (χ4v) is 7.84. The van der Waals surface area contributed by atoms with E-state index in [1.54, 1.807) is 31.2 Å². The maximum Gasteiger partial charge on any atom is 0.328 e. The number of aliphatic carboxylic acids is 1. The summed E-state index contributed by atoms with van der Waals surface area (Å²) in [6.07, 6.45) is 1.06. The molecule has 0 bridgehead atoms. The third-order valence-corrected chi connectivity index (χ3v) is 10.7. The molecule has 14 heteroatoms. The number of carboxylic acid groups (broad SMARTS) is 1. The second-order valence-corrected chi connectivity index (χ2v) is 14.4. The van der Waals surface area contributed by atoms with Gasteiger partial charge >= 0.3 is 5.97 Å². The zero-order valence-electron chi connectivity index (χ0n) is 22.6. The first-order chi connectivity index (χ1) is 19.4. The van der Waals surface area contributed by atoms with Crippen molar-refractivity contribution in [3.63, 3.8) is 0 Å². The van der Waals surface area contributed by atoms with E-state index in [9.17, 15) is 36.3 Å². The topological polar surface area (TPSA) is 179 Å². The first kappa shape index (κ1) is 30.6. The van der Waals surface area contributed by atoms with Crippen LogP contribution in [0.1, 0.15) is 24.0 Å². The number of anilines is 1. The van der Waals surface area contributed by atoms with Crippen LogP contribution in [-0.4, -0.2) is 87.3 Å². The maximum atomic E-state index is 13.8. The number of carbonyl (C=O) groups is 3. The van der Waals surface area contributed by atoms with E-state index in [0.717, 1.165) is 31.5 Å². The van der Waals surface area contributed by atoms with E-state index in [0.29, 0.717) is 15.6 Å². The van der Waals surface area contributed by atoms with Gasteiger partial charge in [0, 0.05) is 24.6 Å². The highest BCUT2D eigenvalue weighted by Gasteiger charge is 2.44. The summed E-state index contributed by atoms with van der Waals surface area (Å²) in [5.74, 6) is -3.83. The van der Waals surface area contributed by atoms with E-state index in [1.807, 2.05) is 0 Å². The quantitative estimate of drug-likeness (QED) is 0.315. The lowest BCUT2D eigenvalue weighted by atomic mass is 9.97. The molecule has 0 radical (unpaired) electrons. The van der Waals surface area contributed by atoms with Gasteiger partial charge in [-0.15, -0.1) is 0 Å². The van der Waals surface area contributed by atoms with Crippen molar-refractivity contribution in [3.05, 3.63) is 59.7 Å². The highest BCUT2D eigenvalue weighted by molar-refractivity contribution is 7.91. The minimum atomic E-state index is -4.70. The van der Waals surface area contributed by atoms with Crippen molar-refractivity contribution in [1.29, 1.82) is 0 Å². The number of rotatable bonds is 9. The lowest BCUT2D eigenvalue weighted by molar-refractivity contribution is -0.146. The third kappa shape index (κ3) is 7.50. The van der Waals surface area contributed by atoms with Crippen molar-refractivity contribution >= 4 is 43.3 Å². The molecular weight excluding hydrogens is 572 g/mol. The minimum absolute atomic E-state index is 0.0700. The Balaban J connectivity index is 1.62. The number of nitrogens with zero attached hydrogens (tertiary/aromatic N) is 1. The Kier molecular flexibility index (Phi) is 9.47. The Hall–Kier alpha value is -3.33. The van der Waals surface area contributed by atoms with Gasteiger partial charge in [0.25, 0.3) is 15.9 Å². The molecular formula is C27H34N4O8S2. The smallest absolute Gasteiger partial charge is 0.328 e. The van der Waals surface area contributed by atoms with E-state index in [4.69, 9.17) is 0 Å².